The van der Waals surface area contributed by atoms with Crippen LogP contribution in [0.15, 0.2) is 73.3 Å². The molecule has 0 spiro atoms. The summed E-state index contributed by atoms with van der Waals surface area (Å²) in [5, 5.41) is 0. The SMILES string of the molecule is COc1cccc(C(=O)/C=C/c2ccc(-n3ccnc3)cc2)c1. The fourth-order valence-electron chi connectivity index (χ4n) is 2.21. The first-order valence-electron chi connectivity index (χ1n) is 7.21. The van der Waals surface area contributed by atoms with E-state index in [4.69, 9.17) is 4.74 Å². The number of benzene rings is 2. The number of nitrogens with zero attached hydrogens (tertiary/aromatic N) is 2. The molecule has 0 aliphatic rings. The van der Waals surface area contributed by atoms with Gasteiger partial charge >= 0.3 is 0 Å². The van der Waals surface area contributed by atoms with Crippen molar-refractivity contribution in [3.63, 3.8) is 0 Å². The van der Waals surface area contributed by atoms with Gasteiger partial charge in [-0.2, -0.15) is 0 Å². The first kappa shape index (κ1) is 14.8. The summed E-state index contributed by atoms with van der Waals surface area (Å²) >= 11 is 0. The van der Waals surface area contributed by atoms with E-state index in [2.05, 4.69) is 4.98 Å². The molecule has 2 aromatic carbocycles. The van der Waals surface area contributed by atoms with Crippen LogP contribution in [0.1, 0.15) is 15.9 Å². The molecule has 0 unspecified atom stereocenters. The molecule has 0 aliphatic carbocycles. The molecular weight excluding hydrogens is 288 g/mol. The lowest BCUT2D eigenvalue weighted by atomic mass is 10.1. The molecule has 1 heterocycles. The zero-order chi connectivity index (χ0) is 16.1. The Morgan fingerprint density at radius 2 is 2.00 bits per heavy atom. The van der Waals surface area contributed by atoms with E-state index in [0.717, 1.165) is 11.3 Å². The van der Waals surface area contributed by atoms with Gasteiger partial charge in [0.1, 0.15) is 5.75 Å². The van der Waals surface area contributed by atoms with Crippen molar-refractivity contribution >= 4 is 11.9 Å². The van der Waals surface area contributed by atoms with Crippen LogP contribution in [-0.2, 0) is 0 Å². The molecule has 0 amide bonds. The Bertz CT molecular complexity index is 819. The van der Waals surface area contributed by atoms with Crippen molar-refractivity contribution in [3.8, 4) is 11.4 Å². The molecule has 0 fully saturated rings. The summed E-state index contributed by atoms with van der Waals surface area (Å²) in [6, 6.07) is 15.0. The number of aromatic nitrogens is 2. The van der Waals surface area contributed by atoms with Gasteiger partial charge in [-0.15, -0.1) is 0 Å². The van der Waals surface area contributed by atoms with Gasteiger partial charge in [0.05, 0.1) is 13.4 Å². The number of hydrogen-bond donors (Lipinski definition) is 0. The summed E-state index contributed by atoms with van der Waals surface area (Å²) < 4.78 is 7.06. The quantitative estimate of drug-likeness (QED) is 0.532. The maximum atomic E-state index is 12.2. The molecule has 0 saturated heterocycles. The summed E-state index contributed by atoms with van der Waals surface area (Å²) in [5.74, 6) is 0.622. The predicted molar refractivity (Wildman–Crippen MR) is 89.9 cm³/mol. The van der Waals surface area contributed by atoms with E-state index in [1.54, 1.807) is 50.0 Å². The number of carbonyl (C=O) groups excluding carboxylic acids is 1. The van der Waals surface area contributed by atoms with Gasteiger partial charge in [0, 0.05) is 23.6 Å². The van der Waals surface area contributed by atoms with Crippen LogP contribution in [0.4, 0.5) is 0 Å². The molecule has 0 aliphatic heterocycles. The Kier molecular flexibility index (Phi) is 4.34. The van der Waals surface area contributed by atoms with Gasteiger partial charge in [-0.1, -0.05) is 30.3 Å². The fourth-order valence-corrected chi connectivity index (χ4v) is 2.21. The van der Waals surface area contributed by atoms with Crippen molar-refractivity contribution in [2.45, 2.75) is 0 Å². The lowest BCUT2D eigenvalue weighted by molar-refractivity contribution is 0.104. The summed E-state index contributed by atoms with van der Waals surface area (Å²) in [7, 11) is 1.58. The molecule has 4 nitrogen and oxygen atoms in total. The minimum Gasteiger partial charge on any atom is -0.497 e. The highest BCUT2D eigenvalue weighted by Gasteiger charge is 2.03. The maximum Gasteiger partial charge on any atom is 0.185 e. The molecule has 4 heteroatoms. The van der Waals surface area contributed by atoms with Crippen LogP contribution in [0.3, 0.4) is 0 Å². The van der Waals surface area contributed by atoms with Crippen molar-refractivity contribution in [1.29, 1.82) is 0 Å². The van der Waals surface area contributed by atoms with Crippen LogP contribution < -0.4 is 4.74 Å². The maximum absolute atomic E-state index is 12.2. The molecule has 23 heavy (non-hydrogen) atoms. The topological polar surface area (TPSA) is 44.1 Å². The van der Waals surface area contributed by atoms with Gasteiger partial charge in [0.15, 0.2) is 5.78 Å². The van der Waals surface area contributed by atoms with E-state index in [1.165, 1.54) is 0 Å². The second-order valence-electron chi connectivity index (χ2n) is 4.99. The molecular formula is C19H16N2O2. The van der Waals surface area contributed by atoms with Gasteiger partial charge in [-0.25, -0.2) is 4.98 Å². The third-order valence-electron chi connectivity index (χ3n) is 3.48. The van der Waals surface area contributed by atoms with E-state index in [-0.39, 0.29) is 5.78 Å². The Labute approximate surface area is 134 Å². The van der Waals surface area contributed by atoms with Crippen LogP contribution in [-0.4, -0.2) is 22.4 Å². The number of hydrogen-bond acceptors (Lipinski definition) is 3. The lowest BCUT2D eigenvalue weighted by Gasteiger charge is -2.02. The number of ether oxygens (including phenoxy) is 1. The third kappa shape index (κ3) is 3.55. The van der Waals surface area contributed by atoms with Gasteiger partial charge < -0.3 is 9.30 Å². The lowest BCUT2D eigenvalue weighted by Crippen LogP contribution is -1.95. The summed E-state index contributed by atoms with van der Waals surface area (Å²) in [6.45, 7) is 0. The summed E-state index contributed by atoms with van der Waals surface area (Å²) in [5.41, 5.74) is 2.60. The first-order chi connectivity index (χ1) is 11.3. The number of imidazole rings is 1. The van der Waals surface area contributed by atoms with Crippen molar-refractivity contribution in [2.75, 3.05) is 7.11 Å². The second-order valence-corrected chi connectivity index (χ2v) is 4.99. The smallest absolute Gasteiger partial charge is 0.185 e. The minimum atomic E-state index is -0.0532. The number of rotatable bonds is 5. The van der Waals surface area contributed by atoms with Crippen LogP contribution in [0.5, 0.6) is 5.75 Å². The number of carbonyl (C=O) groups is 1. The largest absolute Gasteiger partial charge is 0.497 e. The van der Waals surface area contributed by atoms with Crippen LogP contribution in [0, 0.1) is 0 Å². The van der Waals surface area contributed by atoms with E-state index >= 15 is 0 Å². The molecule has 3 aromatic rings. The summed E-state index contributed by atoms with van der Waals surface area (Å²) in [4.78, 5) is 16.2. The number of ketones is 1. The molecule has 114 valence electrons. The van der Waals surface area contributed by atoms with Crippen molar-refractivity contribution in [3.05, 3.63) is 84.5 Å². The fraction of sp³-hybridized carbons (Fsp3) is 0.0526. The molecule has 0 atom stereocenters. The Morgan fingerprint density at radius 1 is 1.17 bits per heavy atom. The van der Waals surface area contributed by atoms with Crippen molar-refractivity contribution in [1.82, 2.24) is 9.55 Å². The Balaban J connectivity index is 1.73. The van der Waals surface area contributed by atoms with Crippen LogP contribution in [0.25, 0.3) is 11.8 Å². The van der Waals surface area contributed by atoms with Crippen LogP contribution in [0.2, 0.25) is 0 Å². The van der Waals surface area contributed by atoms with Gasteiger partial charge in [-0.05, 0) is 35.9 Å². The van der Waals surface area contributed by atoms with Crippen molar-refractivity contribution in [2.24, 2.45) is 0 Å². The molecule has 1 aromatic heterocycles. The highest BCUT2D eigenvalue weighted by atomic mass is 16.5. The molecule has 0 N–H and O–H groups in total. The van der Waals surface area contributed by atoms with E-state index in [0.29, 0.717) is 11.3 Å². The first-order valence-corrected chi connectivity index (χ1v) is 7.21. The van der Waals surface area contributed by atoms with E-state index < -0.39 is 0 Å². The second kappa shape index (κ2) is 6.75. The minimum absolute atomic E-state index is 0.0532. The normalized spacial score (nSPS) is 10.8. The zero-order valence-electron chi connectivity index (χ0n) is 12.7. The zero-order valence-corrected chi connectivity index (χ0v) is 12.7. The number of methoxy groups -OCH3 is 1. The van der Waals surface area contributed by atoms with Crippen LogP contribution >= 0.6 is 0 Å². The van der Waals surface area contributed by atoms with E-state index in [9.17, 15) is 4.79 Å². The third-order valence-corrected chi connectivity index (χ3v) is 3.48. The standard InChI is InChI=1S/C19H16N2O2/c1-23-18-4-2-3-16(13-18)19(22)10-7-15-5-8-17(9-6-15)21-12-11-20-14-21/h2-14H,1H3/b10-7+. The Hall–Kier alpha value is -3.14. The Morgan fingerprint density at radius 3 is 2.70 bits per heavy atom. The predicted octanol–water partition coefficient (Wildman–Crippen LogP) is 3.78. The monoisotopic (exact) mass is 304 g/mol. The van der Waals surface area contributed by atoms with Gasteiger partial charge in [0.25, 0.3) is 0 Å². The van der Waals surface area contributed by atoms with Gasteiger partial charge in [0.2, 0.25) is 0 Å². The highest BCUT2D eigenvalue weighted by molar-refractivity contribution is 6.07. The molecule has 0 saturated carbocycles. The van der Waals surface area contributed by atoms with Crippen molar-refractivity contribution < 1.29 is 9.53 Å². The summed E-state index contributed by atoms with van der Waals surface area (Å²) in [6.07, 6.45) is 8.75. The van der Waals surface area contributed by atoms with Gasteiger partial charge in [-0.3, -0.25) is 4.79 Å². The average molecular weight is 304 g/mol. The molecule has 3 rings (SSSR count). The molecule has 0 radical (unpaired) electrons. The highest BCUT2D eigenvalue weighted by Crippen LogP contribution is 2.15. The average Bonchev–Trinajstić information content (AvgIpc) is 3.15. The molecule has 0 bridgehead atoms. The number of allylic oxidation sites excluding steroid dienone is 1. The van der Waals surface area contributed by atoms with E-state index in [1.807, 2.05) is 41.1 Å².